The lowest BCUT2D eigenvalue weighted by molar-refractivity contribution is 0.677. The number of nitrogens with zero attached hydrogens (tertiary/aromatic N) is 2. The lowest BCUT2D eigenvalue weighted by Gasteiger charge is -2.08. The van der Waals surface area contributed by atoms with Crippen LogP contribution < -0.4 is 0 Å². The third-order valence-corrected chi connectivity index (χ3v) is 10.2. The first-order valence-electron chi connectivity index (χ1n) is 17.3. The van der Waals surface area contributed by atoms with Gasteiger partial charge in [0.1, 0.15) is 11.2 Å². The van der Waals surface area contributed by atoms with E-state index in [4.69, 9.17) is 4.42 Å². The molecular weight excluding hydrogens is 621 g/mol. The monoisotopic (exact) mass is 652 g/mol. The molecule has 0 aliphatic rings. The fourth-order valence-electron chi connectivity index (χ4n) is 8.01. The predicted octanol–water partition coefficient (Wildman–Crippen LogP) is 13.3. The quantitative estimate of drug-likeness (QED) is 0.164. The number of hydrogen-bond donors (Lipinski definition) is 0. The van der Waals surface area contributed by atoms with E-state index in [9.17, 15) is 0 Å². The van der Waals surface area contributed by atoms with Gasteiger partial charge in [0.25, 0.3) is 0 Å². The van der Waals surface area contributed by atoms with Crippen molar-refractivity contribution in [2.45, 2.75) is 0 Å². The predicted molar refractivity (Wildman–Crippen MR) is 217 cm³/mol. The summed E-state index contributed by atoms with van der Waals surface area (Å²) in [4.78, 5) is 0. The van der Waals surface area contributed by atoms with Gasteiger partial charge in [0.2, 0.25) is 0 Å². The second-order valence-corrected chi connectivity index (χ2v) is 13.0. The van der Waals surface area contributed by atoms with Crippen LogP contribution in [-0.4, -0.2) is 9.13 Å². The third kappa shape index (κ3) is 4.32. The molecule has 0 unspecified atom stereocenters. The molecule has 240 valence electrons. The SMILES string of the molecule is C=C/C=C(\C=C)n1c2ccc(-c3ccccc3)cc2c2c3oc4c(ccc5c4c4cc(-c6ccccc6)ccc4n5-c4ccccc4)c3ccc21. The zero-order chi connectivity index (χ0) is 34.1. The van der Waals surface area contributed by atoms with Gasteiger partial charge < -0.3 is 13.6 Å². The molecule has 0 saturated heterocycles. The van der Waals surface area contributed by atoms with Crippen molar-refractivity contribution in [1.82, 2.24) is 9.13 Å². The van der Waals surface area contributed by atoms with Crippen LogP contribution in [0.2, 0.25) is 0 Å². The Morgan fingerprint density at radius 2 is 0.980 bits per heavy atom. The smallest absolute Gasteiger partial charge is 0.145 e. The number of hydrogen-bond acceptors (Lipinski definition) is 1. The van der Waals surface area contributed by atoms with Crippen molar-refractivity contribution in [3.63, 3.8) is 0 Å². The summed E-state index contributed by atoms with van der Waals surface area (Å²) in [5.74, 6) is 0. The fourth-order valence-corrected chi connectivity index (χ4v) is 8.01. The van der Waals surface area contributed by atoms with Gasteiger partial charge in [-0.3, -0.25) is 0 Å². The van der Waals surface area contributed by atoms with Crippen molar-refractivity contribution in [2.75, 3.05) is 0 Å². The van der Waals surface area contributed by atoms with E-state index >= 15 is 0 Å². The minimum atomic E-state index is 0.880. The van der Waals surface area contributed by atoms with Crippen molar-refractivity contribution < 1.29 is 4.42 Å². The first-order chi connectivity index (χ1) is 25.2. The van der Waals surface area contributed by atoms with Crippen molar-refractivity contribution in [3.05, 3.63) is 183 Å². The number of rotatable bonds is 6. The number of fused-ring (bicyclic) bond motifs is 11. The molecular formula is C48H32N2O. The van der Waals surface area contributed by atoms with Gasteiger partial charge >= 0.3 is 0 Å². The van der Waals surface area contributed by atoms with E-state index in [0.717, 1.165) is 82.5 Å². The van der Waals surface area contributed by atoms with Gasteiger partial charge in [0, 0.05) is 32.9 Å². The summed E-state index contributed by atoms with van der Waals surface area (Å²) in [5.41, 5.74) is 12.9. The molecule has 0 saturated carbocycles. The molecule has 3 heterocycles. The molecule has 3 heteroatoms. The van der Waals surface area contributed by atoms with E-state index in [0.29, 0.717) is 0 Å². The number of furan rings is 1. The molecule has 0 aliphatic carbocycles. The summed E-state index contributed by atoms with van der Waals surface area (Å²) in [5, 5.41) is 6.67. The molecule has 0 bridgehead atoms. The van der Waals surface area contributed by atoms with Crippen LogP contribution in [0.25, 0.3) is 99.2 Å². The maximum Gasteiger partial charge on any atom is 0.145 e. The average molecular weight is 653 g/mol. The van der Waals surface area contributed by atoms with Crippen molar-refractivity contribution >= 4 is 71.2 Å². The number of allylic oxidation sites excluding steroid dienone is 4. The molecule has 0 aliphatic heterocycles. The maximum atomic E-state index is 7.23. The highest BCUT2D eigenvalue weighted by atomic mass is 16.3. The van der Waals surface area contributed by atoms with E-state index in [1.54, 1.807) is 0 Å². The Bertz CT molecular complexity index is 3030. The van der Waals surface area contributed by atoms with E-state index in [-0.39, 0.29) is 0 Å². The van der Waals surface area contributed by atoms with Gasteiger partial charge in [-0.05, 0) is 95.1 Å². The first kappa shape index (κ1) is 29.1. The van der Waals surface area contributed by atoms with Crippen molar-refractivity contribution in [2.24, 2.45) is 0 Å². The Morgan fingerprint density at radius 3 is 1.57 bits per heavy atom. The van der Waals surface area contributed by atoms with Crippen molar-refractivity contribution in [1.29, 1.82) is 0 Å². The molecule has 0 atom stereocenters. The average Bonchev–Trinajstić information content (AvgIpc) is 3.85. The molecule has 0 fully saturated rings. The van der Waals surface area contributed by atoms with E-state index in [2.05, 4.69) is 174 Å². The second kappa shape index (κ2) is 11.4. The van der Waals surface area contributed by atoms with Crippen LogP contribution in [0.3, 0.4) is 0 Å². The Balaban J connectivity index is 1.36. The van der Waals surface area contributed by atoms with Gasteiger partial charge in [0.15, 0.2) is 0 Å². The highest BCUT2D eigenvalue weighted by Crippen LogP contribution is 2.46. The Labute approximate surface area is 294 Å². The molecule has 10 rings (SSSR count). The fraction of sp³-hybridized carbons (Fsp3) is 0. The third-order valence-electron chi connectivity index (χ3n) is 10.2. The summed E-state index contributed by atoms with van der Waals surface area (Å²) in [7, 11) is 0. The van der Waals surface area contributed by atoms with E-state index < -0.39 is 0 Å². The largest absolute Gasteiger partial charge is 0.455 e. The molecule has 10 aromatic rings. The van der Waals surface area contributed by atoms with Gasteiger partial charge in [-0.25, -0.2) is 0 Å². The van der Waals surface area contributed by atoms with Crippen LogP contribution in [0.1, 0.15) is 0 Å². The number of para-hydroxylation sites is 1. The van der Waals surface area contributed by atoms with Crippen LogP contribution in [0.4, 0.5) is 0 Å². The Morgan fingerprint density at radius 1 is 0.471 bits per heavy atom. The molecule has 0 spiro atoms. The van der Waals surface area contributed by atoms with Crippen LogP contribution >= 0.6 is 0 Å². The maximum absolute atomic E-state index is 7.23. The Kier molecular flexibility index (Phi) is 6.49. The summed E-state index contributed by atoms with van der Waals surface area (Å²) < 4.78 is 11.9. The van der Waals surface area contributed by atoms with Crippen LogP contribution in [0.15, 0.2) is 187 Å². The summed E-state index contributed by atoms with van der Waals surface area (Å²) in [6, 6.07) is 54.2. The topological polar surface area (TPSA) is 23.0 Å². The highest BCUT2D eigenvalue weighted by molar-refractivity contribution is 6.29. The van der Waals surface area contributed by atoms with Crippen LogP contribution in [0.5, 0.6) is 0 Å². The Hall–Kier alpha value is -6.84. The minimum Gasteiger partial charge on any atom is -0.455 e. The first-order valence-corrected chi connectivity index (χ1v) is 17.3. The van der Waals surface area contributed by atoms with E-state index in [1.807, 2.05) is 18.2 Å². The van der Waals surface area contributed by atoms with E-state index in [1.165, 1.54) is 16.7 Å². The van der Waals surface area contributed by atoms with Gasteiger partial charge in [-0.2, -0.15) is 0 Å². The van der Waals surface area contributed by atoms with Gasteiger partial charge in [0.05, 0.1) is 32.8 Å². The number of aromatic nitrogens is 2. The normalized spacial score (nSPS) is 12.2. The lowest BCUT2D eigenvalue weighted by Crippen LogP contribution is -1.93. The lowest BCUT2D eigenvalue weighted by atomic mass is 10.0. The molecule has 3 aromatic heterocycles. The molecule has 0 radical (unpaired) electrons. The van der Waals surface area contributed by atoms with Crippen LogP contribution in [0, 0.1) is 0 Å². The second-order valence-electron chi connectivity index (χ2n) is 13.0. The summed E-state index contributed by atoms with van der Waals surface area (Å²) in [6.07, 6.45) is 5.71. The molecule has 51 heavy (non-hydrogen) atoms. The standard InChI is InChI=1S/C48H32N2O/c1-3-14-35(4-2)49-41-25-21-33(31-15-8-5-9-16-31)29-39(41)45-43(49)27-23-37-38-24-28-44-46(48(38)51-47(37)45)40-30-34(32-17-10-6-11-18-32)22-26-42(40)50(44)36-19-12-7-13-20-36/h3-30H,1-2H2/b35-14+. The summed E-state index contributed by atoms with van der Waals surface area (Å²) in [6.45, 7) is 8.16. The molecule has 0 N–H and O–H groups in total. The van der Waals surface area contributed by atoms with Crippen molar-refractivity contribution in [3.8, 4) is 27.9 Å². The highest BCUT2D eigenvalue weighted by Gasteiger charge is 2.23. The zero-order valence-electron chi connectivity index (χ0n) is 27.9. The molecule has 3 nitrogen and oxygen atoms in total. The van der Waals surface area contributed by atoms with Crippen LogP contribution in [-0.2, 0) is 0 Å². The molecule has 7 aromatic carbocycles. The molecule has 0 amide bonds. The zero-order valence-corrected chi connectivity index (χ0v) is 27.9. The summed E-state index contributed by atoms with van der Waals surface area (Å²) >= 11 is 0. The van der Waals surface area contributed by atoms with Gasteiger partial charge in [-0.15, -0.1) is 0 Å². The minimum absolute atomic E-state index is 0.880. The van der Waals surface area contributed by atoms with Gasteiger partial charge in [-0.1, -0.05) is 110 Å². The number of benzene rings is 7.